The van der Waals surface area contributed by atoms with Crippen LogP contribution in [0.5, 0.6) is 0 Å². The highest BCUT2D eigenvalue weighted by Gasteiger charge is 2.34. The van der Waals surface area contributed by atoms with Gasteiger partial charge in [-0.3, -0.25) is 0 Å². The van der Waals surface area contributed by atoms with Crippen LogP contribution < -0.4 is 4.72 Å². The average molecular weight is 217 g/mol. The fraction of sp³-hybridized carbons (Fsp3) is 1.00. The van der Waals surface area contributed by atoms with Gasteiger partial charge < -0.3 is 0 Å². The van der Waals surface area contributed by atoms with Crippen molar-refractivity contribution >= 4 is 10.0 Å². The van der Waals surface area contributed by atoms with E-state index in [0.717, 1.165) is 0 Å². The van der Waals surface area contributed by atoms with E-state index in [0.29, 0.717) is 6.42 Å². The molecule has 0 aromatic carbocycles. The third-order valence-corrected chi connectivity index (χ3v) is 3.08. The van der Waals surface area contributed by atoms with Crippen molar-refractivity contribution in [2.45, 2.75) is 37.2 Å². The Morgan fingerprint density at radius 3 is 2.31 bits per heavy atom. The summed E-state index contributed by atoms with van der Waals surface area (Å²) >= 11 is 0. The lowest BCUT2D eigenvalue weighted by Crippen LogP contribution is -2.41. The van der Waals surface area contributed by atoms with Crippen molar-refractivity contribution < 1.29 is 21.6 Å². The zero-order valence-electron chi connectivity index (χ0n) is 6.71. The summed E-state index contributed by atoms with van der Waals surface area (Å²) in [6.07, 6.45) is -0.297. The number of hydrogen-bond acceptors (Lipinski definition) is 2. The summed E-state index contributed by atoms with van der Waals surface area (Å²) in [7, 11) is -4.64. The Hall–Kier alpha value is -0.300. The Labute approximate surface area is 74.4 Å². The molecule has 0 aromatic rings. The molecule has 0 bridgehead atoms. The van der Waals surface area contributed by atoms with Gasteiger partial charge in [-0.1, -0.05) is 0 Å². The lowest BCUT2D eigenvalue weighted by Gasteiger charge is -2.14. The van der Waals surface area contributed by atoms with E-state index in [1.54, 1.807) is 4.72 Å². The summed E-state index contributed by atoms with van der Waals surface area (Å²) < 4.78 is 59.3. The summed E-state index contributed by atoms with van der Waals surface area (Å²) in [6.45, 7) is 0. The Morgan fingerprint density at radius 1 is 1.31 bits per heavy atom. The molecular formula is C6H10F3NO2S. The fourth-order valence-corrected chi connectivity index (χ4v) is 2.10. The number of hydrogen-bond donors (Lipinski definition) is 1. The summed E-state index contributed by atoms with van der Waals surface area (Å²) in [4.78, 5) is 0. The van der Waals surface area contributed by atoms with Crippen LogP contribution in [0.25, 0.3) is 0 Å². The van der Waals surface area contributed by atoms with Crippen molar-refractivity contribution in [1.82, 2.24) is 4.72 Å². The molecule has 1 aliphatic carbocycles. The van der Waals surface area contributed by atoms with Crippen LogP contribution in [0.4, 0.5) is 13.2 Å². The van der Waals surface area contributed by atoms with E-state index < -0.39 is 28.0 Å². The molecule has 1 fully saturated rings. The van der Waals surface area contributed by atoms with Gasteiger partial charge in [0.25, 0.3) is 10.0 Å². The monoisotopic (exact) mass is 217 g/mol. The van der Waals surface area contributed by atoms with Crippen molar-refractivity contribution in [2.24, 2.45) is 0 Å². The minimum Gasteiger partial charge on any atom is -0.246 e. The molecular weight excluding hydrogens is 207 g/mol. The maximum Gasteiger partial charge on any atom is 0.350 e. The molecule has 1 N–H and O–H groups in total. The van der Waals surface area contributed by atoms with Crippen LogP contribution in [0.3, 0.4) is 0 Å². The van der Waals surface area contributed by atoms with E-state index in [1.165, 1.54) is 0 Å². The van der Waals surface area contributed by atoms with Crippen molar-refractivity contribution in [3.05, 3.63) is 0 Å². The molecule has 1 rings (SSSR count). The summed E-state index contributed by atoms with van der Waals surface area (Å²) in [5, 5.41) is 0. The Kier molecular flexibility index (Phi) is 3.18. The smallest absolute Gasteiger partial charge is 0.246 e. The van der Waals surface area contributed by atoms with Gasteiger partial charge in [0.15, 0.2) is 0 Å². The van der Waals surface area contributed by atoms with Gasteiger partial charge >= 0.3 is 5.76 Å². The average Bonchev–Trinajstić information content (AvgIpc) is 2.35. The molecule has 0 aliphatic heterocycles. The summed E-state index contributed by atoms with van der Waals surface area (Å²) in [6, 6.07) is -0.973. The largest absolute Gasteiger partial charge is 0.350 e. The summed E-state index contributed by atoms with van der Waals surface area (Å²) in [5.41, 5.74) is 0. The molecule has 7 heteroatoms. The highest BCUT2D eigenvalue weighted by atomic mass is 32.2. The van der Waals surface area contributed by atoms with Gasteiger partial charge in [0.05, 0.1) is 6.04 Å². The second-order valence-corrected chi connectivity index (χ2v) is 4.66. The lowest BCUT2D eigenvalue weighted by atomic mass is 10.2. The predicted molar refractivity (Wildman–Crippen MR) is 40.6 cm³/mol. The van der Waals surface area contributed by atoms with Crippen LogP contribution in [0.15, 0.2) is 0 Å². The van der Waals surface area contributed by atoms with Crippen LogP contribution >= 0.6 is 0 Å². The molecule has 0 aromatic heterocycles. The third-order valence-electron chi connectivity index (χ3n) is 1.98. The number of nitrogens with one attached hydrogen (secondary N) is 1. The molecule has 0 saturated heterocycles. The van der Waals surface area contributed by atoms with Gasteiger partial charge in [-0.05, 0) is 19.3 Å². The summed E-state index contributed by atoms with van der Waals surface area (Å²) in [5.74, 6) is -3.49. The molecule has 0 heterocycles. The molecule has 0 radical (unpaired) electrons. The molecule has 0 spiro atoms. The van der Waals surface area contributed by atoms with Crippen LogP contribution in [0.1, 0.15) is 19.3 Å². The van der Waals surface area contributed by atoms with Gasteiger partial charge in [0, 0.05) is 0 Å². The van der Waals surface area contributed by atoms with E-state index in [2.05, 4.69) is 0 Å². The zero-order valence-corrected chi connectivity index (χ0v) is 7.53. The first-order valence-corrected chi connectivity index (χ1v) is 5.41. The van der Waals surface area contributed by atoms with Crippen LogP contribution in [-0.2, 0) is 10.0 Å². The first kappa shape index (κ1) is 10.8. The van der Waals surface area contributed by atoms with Gasteiger partial charge in [-0.15, -0.1) is 0 Å². The molecule has 2 atom stereocenters. The second kappa shape index (κ2) is 3.83. The van der Waals surface area contributed by atoms with E-state index in [9.17, 15) is 21.6 Å². The molecule has 1 saturated carbocycles. The van der Waals surface area contributed by atoms with Gasteiger partial charge in [-0.2, -0.15) is 8.78 Å². The molecule has 0 amide bonds. The van der Waals surface area contributed by atoms with Crippen molar-refractivity contribution in [2.75, 3.05) is 0 Å². The Morgan fingerprint density at radius 2 is 1.92 bits per heavy atom. The molecule has 13 heavy (non-hydrogen) atoms. The van der Waals surface area contributed by atoms with Crippen LogP contribution in [0.2, 0.25) is 0 Å². The number of sulfonamides is 1. The SMILES string of the molecule is O=S(=O)(N[C@H]1CCC[C@H]1F)C(F)F. The normalized spacial score (nSPS) is 29.8. The maximum atomic E-state index is 12.8. The first-order valence-electron chi connectivity index (χ1n) is 3.87. The van der Waals surface area contributed by atoms with Crippen molar-refractivity contribution in [3.63, 3.8) is 0 Å². The van der Waals surface area contributed by atoms with Gasteiger partial charge in [0.1, 0.15) is 6.17 Å². The Bertz CT molecular complexity index is 267. The zero-order chi connectivity index (χ0) is 10.1. The minimum absolute atomic E-state index is 0.233. The van der Waals surface area contributed by atoms with E-state index in [1.807, 2.05) is 0 Å². The fourth-order valence-electron chi connectivity index (χ4n) is 1.31. The van der Waals surface area contributed by atoms with Gasteiger partial charge in [0.2, 0.25) is 0 Å². The second-order valence-electron chi connectivity index (χ2n) is 2.98. The maximum absolute atomic E-state index is 12.8. The molecule has 78 valence electrons. The highest BCUT2D eigenvalue weighted by molar-refractivity contribution is 7.89. The minimum atomic E-state index is -4.64. The van der Waals surface area contributed by atoms with Crippen LogP contribution in [-0.4, -0.2) is 26.4 Å². The number of rotatable bonds is 3. The van der Waals surface area contributed by atoms with E-state index in [4.69, 9.17) is 0 Å². The van der Waals surface area contributed by atoms with E-state index >= 15 is 0 Å². The third kappa shape index (κ3) is 2.57. The number of halogens is 3. The molecule has 3 nitrogen and oxygen atoms in total. The van der Waals surface area contributed by atoms with Gasteiger partial charge in [-0.25, -0.2) is 17.5 Å². The van der Waals surface area contributed by atoms with Crippen molar-refractivity contribution in [3.8, 4) is 0 Å². The van der Waals surface area contributed by atoms with E-state index in [-0.39, 0.29) is 12.8 Å². The highest BCUT2D eigenvalue weighted by Crippen LogP contribution is 2.23. The standard InChI is InChI=1S/C6H10F3NO2S/c7-4-2-1-3-5(4)10-13(11,12)6(8)9/h4-6,10H,1-3H2/t4-,5+/m1/s1. The quantitative estimate of drug-likeness (QED) is 0.767. The number of alkyl halides is 3. The molecule has 1 aliphatic rings. The van der Waals surface area contributed by atoms with Crippen molar-refractivity contribution in [1.29, 1.82) is 0 Å². The predicted octanol–water partition coefficient (Wildman–Crippen LogP) is 1.02. The Balaban J connectivity index is 2.58. The molecule has 0 unspecified atom stereocenters. The van der Waals surface area contributed by atoms with Crippen LogP contribution in [0, 0.1) is 0 Å². The first-order chi connectivity index (χ1) is 5.93. The lowest BCUT2D eigenvalue weighted by molar-refractivity contribution is 0.227. The topological polar surface area (TPSA) is 46.2 Å².